The van der Waals surface area contributed by atoms with Crippen LogP contribution in [0, 0.1) is 17.8 Å². The van der Waals surface area contributed by atoms with E-state index in [0.717, 1.165) is 57.2 Å². The zero-order valence-corrected chi connectivity index (χ0v) is 51.3. The zero-order chi connectivity index (χ0) is 61.9. The predicted molar refractivity (Wildman–Crippen MR) is 317 cm³/mol. The number of nitrogens with zero attached hydrogens (tertiary/aromatic N) is 4. The maximum absolute atomic E-state index is 15.0. The van der Waals surface area contributed by atoms with Crippen molar-refractivity contribution in [3.63, 3.8) is 0 Å². The summed E-state index contributed by atoms with van der Waals surface area (Å²) < 4.78 is 47.4. The summed E-state index contributed by atoms with van der Waals surface area (Å²) in [6.07, 6.45) is -0.484. The molecule has 3 aliphatic heterocycles. The number of ether oxygens (including phenoxy) is 1. The van der Waals surface area contributed by atoms with Crippen molar-refractivity contribution < 1.29 is 66.5 Å². The van der Waals surface area contributed by atoms with Crippen molar-refractivity contribution in [1.82, 2.24) is 41.0 Å². The fraction of sp³-hybridized carbons (Fsp3) is 0.500. The third-order valence-corrected chi connectivity index (χ3v) is 18.9. The lowest BCUT2D eigenvalue weighted by Crippen LogP contribution is -2.58. The van der Waals surface area contributed by atoms with Crippen LogP contribution in [0.2, 0.25) is 0 Å². The van der Waals surface area contributed by atoms with Crippen LogP contribution in [-0.2, 0) is 43.7 Å². The molecule has 3 fully saturated rings. The second-order valence-corrected chi connectivity index (χ2v) is 28.0. The second kappa shape index (κ2) is 26.2. The van der Waals surface area contributed by atoms with E-state index in [9.17, 15) is 61.8 Å². The van der Waals surface area contributed by atoms with Gasteiger partial charge in [-0.3, -0.25) is 38.1 Å². The molecule has 85 heavy (non-hydrogen) atoms. The number of thiophene rings is 1. The van der Waals surface area contributed by atoms with Crippen LogP contribution < -0.4 is 21.3 Å². The minimum atomic E-state index is -5.88. The Bertz CT molecular complexity index is 3330. The van der Waals surface area contributed by atoms with Crippen LogP contribution in [-0.4, -0.2) is 152 Å². The van der Waals surface area contributed by atoms with Gasteiger partial charge in [0.25, 0.3) is 5.91 Å². The Labute approximate surface area is 500 Å². The zero-order valence-electron chi connectivity index (χ0n) is 48.8. The largest absolute Gasteiger partial charge is 0.399 e. The van der Waals surface area contributed by atoms with Crippen LogP contribution in [0.5, 0.6) is 0 Å². The number of halogens is 2. The molecule has 0 bridgehead atoms. The van der Waals surface area contributed by atoms with E-state index < -0.39 is 114 Å². The number of β-amino-alcohol motifs (C(OH)–C–C–N with tert-alkyl or cyclic N) is 1. The number of aryl methyl sites for hydroxylation is 1. The van der Waals surface area contributed by atoms with Crippen molar-refractivity contribution in [1.29, 1.82) is 0 Å². The fourth-order valence-corrected chi connectivity index (χ4v) is 13.4. The summed E-state index contributed by atoms with van der Waals surface area (Å²) in [6, 6.07) is 17.0. The number of hydrogen-bond acceptors (Lipinski definition) is 13. The average molecular weight is 1230 g/mol. The summed E-state index contributed by atoms with van der Waals surface area (Å²) in [5.41, 5.74) is -1.60. The van der Waals surface area contributed by atoms with E-state index >= 15 is 0 Å². The molecule has 5 heterocycles. The highest BCUT2D eigenvalue weighted by molar-refractivity contribution is 7.52. The van der Waals surface area contributed by atoms with Gasteiger partial charge in [0.05, 0.1) is 39.2 Å². The second-order valence-electron chi connectivity index (χ2n) is 24.4. The molecule has 3 unspecified atom stereocenters. The van der Waals surface area contributed by atoms with Gasteiger partial charge < -0.3 is 55.6 Å². The monoisotopic (exact) mass is 1230 g/mol. The first-order valence-electron chi connectivity index (χ1n) is 28.3. The first-order valence-corrected chi connectivity index (χ1v) is 31.6. The molecule has 0 saturated carbocycles. The number of nitrogens with one attached hydrogen (secondary N) is 4. The molecular weight excluding hydrogens is 1160 g/mol. The number of fused-ring (bicyclic) bond motifs is 1. The topological polar surface area (TPSA) is 277 Å². The molecular formula is C60H75F2N8O12PS2. The molecule has 0 aliphatic carbocycles. The van der Waals surface area contributed by atoms with E-state index in [4.69, 9.17) is 4.74 Å². The van der Waals surface area contributed by atoms with Gasteiger partial charge in [-0.1, -0.05) is 102 Å². The van der Waals surface area contributed by atoms with E-state index in [1.165, 1.54) is 33.3 Å². The Hall–Kier alpha value is -6.53. The van der Waals surface area contributed by atoms with E-state index in [2.05, 4.69) is 26.3 Å². The van der Waals surface area contributed by atoms with Gasteiger partial charge in [-0.25, -0.2) is 4.98 Å². The number of hydrogen-bond donors (Lipinski definition) is 7. The van der Waals surface area contributed by atoms with Crippen molar-refractivity contribution in [2.45, 2.75) is 141 Å². The van der Waals surface area contributed by atoms with Crippen LogP contribution in [0.25, 0.3) is 20.5 Å². The molecule has 20 nitrogen and oxygen atoms in total. The van der Waals surface area contributed by atoms with Crippen molar-refractivity contribution in [2.75, 3.05) is 39.3 Å². The fourth-order valence-electron chi connectivity index (χ4n) is 11.1. The molecule has 3 saturated heterocycles. The quantitative estimate of drug-likeness (QED) is 0.0412. The highest BCUT2D eigenvalue weighted by Crippen LogP contribution is 2.59. The normalized spacial score (nSPS) is 20.6. The summed E-state index contributed by atoms with van der Waals surface area (Å²) in [5.74, 6) is -3.80. The lowest BCUT2D eigenvalue weighted by atomic mass is 9.85. The SMILES string of the molecule is Cc1ncsc1-c1ccc(C(C)NC(=O)[C@@H]2C[C@@H](O)CN2C(=O)C(NC(=O)CCNC(=O)CO[C@H]2C[C@@H](C(=O)N3CCC[C@H](c4ccccc4)C3)N(C(=O)C(NC(=O)c3cc4cc(C(F)(F)P(=O)(O)O)ccc4s3)C(C)(C)C)C2)C(C)(C)C)cc1. The number of aliphatic hydroxyl groups excluding tert-OH is 1. The molecule has 7 N–H and O–H groups in total. The number of piperidine rings is 1. The molecule has 8 rings (SSSR count). The lowest BCUT2D eigenvalue weighted by molar-refractivity contribution is -0.147. The predicted octanol–water partition coefficient (Wildman–Crippen LogP) is 6.97. The van der Waals surface area contributed by atoms with Crippen molar-refractivity contribution >= 4 is 81.7 Å². The number of benzene rings is 3. The van der Waals surface area contributed by atoms with E-state index in [-0.39, 0.29) is 61.0 Å². The van der Waals surface area contributed by atoms with Gasteiger partial charge in [0, 0.05) is 68.2 Å². The third-order valence-electron chi connectivity index (χ3n) is 15.9. The number of aliphatic hydroxyl groups is 1. The molecule has 3 aromatic carbocycles. The van der Waals surface area contributed by atoms with Gasteiger partial charge in [0.15, 0.2) is 0 Å². The van der Waals surface area contributed by atoms with Crippen LogP contribution in [0.4, 0.5) is 8.78 Å². The molecule has 0 spiro atoms. The Morgan fingerprint density at radius 2 is 1.47 bits per heavy atom. The van der Waals surface area contributed by atoms with Gasteiger partial charge in [-0.2, -0.15) is 8.78 Å². The maximum atomic E-state index is 15.0. The van der Waals surface area contributed by atoms with E-state index in [1.54, 1.807) is 52.0 Å². The van der Waals surface area contributed by atoms with Gasteiger partial charge in [-0.05, 0) is 77.8 Å². The molecule has 5 aromatic rings. The van der Waals surface area contributed by atoms with Gasteiger partial charge in [-0.15, -0.1) is 22.7 Å². The van der Waals surface area contributed by atoms with Crippen LogP contribution in [0.1, 0.15) is 125 Å². The first-order chi connectivity index (χ1) is 39.9. The Morgan fingerprint density at radius 3 is 2.11 bits per heavy atom. The van der Waals surface area contributed by atoms with Crippen molar-refractivity contribution in [2.24, 2.45) is 10.8 Å². The minimum absolute atomic E-state index is 0.00334. The van der Waals surface area contributed by atoms with Crippen LogP contribution in [0.3, 0.4) is 0 Å². The maximum Gasteiger partial charge on any atom is 0.399 e. The highest BCUT2D eigenvalue weighted by atomic mass is 32.1. The number of thiazole rings is 1. The summed E-state index contributed by atoms with van der Waals surface area (Å²) >= 11 is 2.46. The lowest BCUT2D eigenvalue weighted by Gasteiger charge is -2.38. The van der Waals surface area contributed by atoms with Crippen molar-refractivity contribution in [3.05, 3.63) is 112 Å². The summed E-state index contributed by atoms with van der Waals surface area (Å²) in [5, 5.41) is 22.1. The number of alkyl halides is 2. The Balaban J connectivity index is 0.891. The van der Waals surface area contributed by atoms with Gasteiger partial charge >= 0.3 is 13.3 Å². The molecule has 3 aliphatic rings. The standard InChI is InChI=1S/C60H75F2N8O12PS2/c1-34(36-16-18-38(19-17-36)50-35(2)64-33-84-50)65-53(74)44-27-42(71)30-69(44)56(77)51(58(3,4)5)66-48(72)22-23-63-49(73)32-82-43-28-45(55(76)68-24-12-15-39(29-68)37-13-10-9-11-14-37)70(31-43)57(78)52(59(6,7)8)67-54(75)47-26-40-25-41(20-21-46(40)85-47)60(61,62)83(79,80)81/h9-11,13-14,16-21,25-26,33-34,39,42-45,51-52,71H,12,15,22-24,27-32H2,1-8H3,(H,63,73)(H,65,74)(H,66,72)(H,67,75)(H2,79,80,81)/t34?,39-,42+,43-,44-,45-,51?,52?/m0/s1. The van der Waals surface area contributed by atoms with Gasteiger partial charge in [0.1, 0.15) is 30.8 Å². The molecule has 0 radical (unpaired) electrons. The third kappa shape index (κ3) is 15.2. The first kappa shape index (κ1) is 64.5. The summed E-state index contributed by atoms with van der Waals surface area (Å²) in [7, 11) is -5.88. The molecule has 8 atom stereocenters. The average Bonchev–Trinajstić information content (AvgIpc) is 3.63. The Morgan fingerprint density at radius 1 is 0.812 bits per heavy atom. The highest BCUT2D eigenvalue weighted by Gasteiger charge is 2.51. The number of aromatic nitrogens is 1. The number of carbonyl (C=O) groups is 7. The van der Waals surface area contributed by atoms with Gasteiger partial charge in [0.2, 0.25) is 35.4 Å². The summed E-state index contributed by atoms with van der Waals surface area (Å²) in [4.78, 5) is 127. The Kier molecular flexibility index (Phi) is 19.9. The smallest absolute Gasteiger partial charge is 0.391 e. The van der Waals surface area contributed by atoms with Crippen molar-refractivity contribution in [3.8, 4) is 10.4 Å². The van der Waals surface area contributed by atoms with Crippen LogP contribution >= 0.6 is 30.3 Å². The number of likely N-dealkylation sites (tertiary alicyclic amines) is 3. The van der Waals surface area contributed by atoms with E-state index in [0.29, 0.717) is 24.2 Å². The molecule has 7 amide bonds. The van der Waals surface area contributed by atoms with Crippen LogP contribution in [0.15, 0.2) is 84.4 Å². The summed E-state index contributed by atoms with van der Waals surface area (Å²) in [6.45, 7) is 14.1. The van der Waals surface area contributed by atoms with E-state index in [1.807, 2.05) is 68.4 Å². The molecule has 2 aromatic heterocycles. The molecule has 25 heteroatoms. The number of rotatable bonds is 19. The number of carbonyl (C=O) groups excluding carboxylic acids is 7. The minimum Gasteiger partial charge on any atom is -0.391 e. The molecule has 458 valence electrons. The number of amides is 7.